The van der Waals surface area contributed by atoms with E-state index in [1.54, 1.807) is 25.5 Å². The molecule has 0 radical (unpaired) electrons. The third-order valence-electron chi connectivity index (χ3n) is 3.85. The molecule has 1 aromatic carbocycles. The maximum Gasteiger partial charge on any atom is 0.191 e. The van der Waals surface area contributed by atoms with Crippen molar-refractivity contribution in [1.29, 1.82) is 0 Å². The number of guanidine groups is 1. The summed E-state index contributed by atoms with van der Waals surface area (Å²) in [7, 11) is 0.365. The molecule has 0 amide bonds. The van der Waals surface area contributed by atoms with Gasteiger partial charge in [-0.3, -0.25) is 4.99 Å². The zero-order valence-electron chi connectivity index (χ0n) is 16.0. The Morgan fingerprint density at radius 2 is 2.04 bits per heavy atom. The van der Waals surface area contributed by atoms with Gasteiger partial charge in [0.1, 0.15) is 20.6 Å². The molecule has 0 aliphatic rings. The summed E-state index contributed by atoms with van der Waals surface area (Å²) in [5.74, 6) is 1.59. The highest BCUT2D eigenvalue weighted by molar-refractivity contribution is 7.90. The van der Waals surface area contributed by atoms with Crippen LogP contribution in [0.25, 0.3) is 10.6 Å². The zero-order chi connectivity index (χ0) is 19.9. The minimum absolute atomic E-state index is 0.00350. The lowest BCUT2D eigenvalue weighted by molar-refractivity contribution is 0.415. The lowest BCUT2D eigenvalue weighted by atomic mass is 10.2. The van der Waals surface area contributed by atoms with Crippen LogP contribution >= 0.6 is 11.3 Å². The number of ether oxygens (including phenoxy) is 1. The number of methoxy groups -OCH3 is 1. The second kappa shape index (κ2) is 9.70. The maximum absolute atomic E-state index is 11.3. The smallest absolute Gasteiger partial charge is 0.191 e. The summed E-state index contributed by atoms with van der Waals surface area (Å²) in [4.78, 5) is 8.82. The number of rotatable bonds is 8. The molecule has 2 aromatic rings. The first-order valence-corrected chi connectivity index (χ1v) is 11.5. The van der Waals surface area contributed by atoms with Crippen LogP contribution in [0.4, 0.5) is 0 Å². The Balaban J connectivity index is 1.88. The van der Waals surface area contributed by atoms with E-state index in [1.165, 1.54) is 6.26 Å². The van der Waals surface area contributed by atoms with Crippen LogP contribution < -0.4 is 15.4 Å². The van der Waals surface area contributed by atoms with Crippen LogP contribution in [0.2, 0.25) is 0 Å². The molecule has 2 N–H and O–H groups in total. The molecule has 0 saturated heterocycles. The summed E-state index contributed by atoms with van der Waals surface area (Å²) in [6, 6.07) is 7.80. The van der Waals surface area contributed by atoms with E-state index in [0.29, 0.717) is 18.9 Å². The monoisotopic (exact) mass is 410 g/mol. The third-order valence-corrected chi connectivity index (χ3v) is 5.77. The molecule has 0 aliphatic carbocycles. The van der Waals surface area contributed by atoms with Gasteiger partial charge in [-0.2, -0.15) is 0 Å². The molecule has 1 atom stereocenters. The van der Waals surface area contributed by atoms with E-state index in [0.717, 1.165) is 22.0 Å². The topological polar surface area (TPSA) is 92.7 Å². The molecule has 1 aromatic heterocycles. The SMILES string of the molecule is CN=C(NCc1csc(-c2ccc(OC)cc2)n1)NC(C)CCS(C)(=O)=O. The van der Waals surface area contributed by atoms with Crippen LogP contribution in [0.1, 0.15) is 19.0 Å². The Morgan fingerprint density at radius 3 is 2.63 bits per heavy atom. The molecule has 0 spiro atoms. The van der Waals surface area contributed by atoms with E-state index in [-0.39, 0.29) is 11.8 Å². The van der Waals surface area contributed by atoms with Crippen LogP contribution in [0.15, 0.2) is 34.6 Å². The predicted molar refractivity (Wildman–Crippen MR) is 111 cm³/mol. The Labute approximate surface area is 164 Å². The summed E-state index contributed by atoms with van der Waals surface area (Å²) < 4.78 is 27.7. The molecule has 9 heteroatoms. The molecule has 2 rings (SSSR count). The van der Waals surface area contributed by atoms with Crippen molar-refractivity contribution in [3.05, 3.63) is 35.3 Å². The minimum Gasteiger partial charge on any atom is -0.497 e. The van der Waals surface area contributed by atoms with E-state index >= 15 is 0 Å². The first-order valence-electron chi connectivity index (χ1n) is 8.54. The maximum atomic E-state index is 11.3. The van der Waals surface area contributed by atoms with Gasteiger partial charge >= 0.3 is 0 Å². The molecule has 0 aliphatic heterocycles. The number of nitrogens with one attached hydrogen (secondary N) is 2. The molecule has 148 valence electrons. The molecular weight excluding hydrogens is 384 g/mol. The van der Waals surface area contributed by atoms with Gasteiger partial charge in [-0.25, -0.2) is 13.4 Å². The Bertz CT molecular complexity index is 861. The summed E-state index contributed by atoms with van der Waals surface area (Å²) in [5.41, 5.74) is 1.96. The highest BCUT2D eigenvalue weighted by Crippen LogP contribution is 2.25. The van der Waals surface area contributed by atoms with Crippen molar-refractivity contribution in [2.75, 3.05) is 26.2 Å². The fraction of sp³-hybridized carbons (Fsp3) is 0.444. The normalized spacial score (nSPS) is 13.3. The zero-order valence-corrected chi connectivity index (χ0v) is 17.7. The lowest BCUT2D eigenvalue weighted by Crippen LogP contribution is -2.42. The van der Waals surface area contributed by atoms with Gasteiger partial charge in [0, 0.05) is 30.3 Å². The van der Waals surface area contributed by atoms with Gasteiger partial charge in [0.2, 0.25) is 0 Å². The van der Waals surface area contributed by atoms with Crippen LogP contribution in [0, 0.1) is 0 Å². The molecule has 1 heterocycles. The number of nitrogens with zero attached hydrogens (tertiary/aromatic N) is 2. The number of thiazole rings is 1. The quantitative estimate of drug-likeness (QED) is 0.512. The average molecular weight is 411 g/mol. The standard InChI is InChI=1S/C18H26N4O3S2/c1-13(9-10-27(4,23)24)21-18(19-2)20-11-15-12-26-17(22-15)14-5-7-16(25-3)8-6-14/h5-8,12-13H,9-11H2,1-4H3,(H2,19,20,21). The third kappa shape index (κ3) is 7.18. The van der Waals surface area contributed by atoms with Crippen LogP contribution in [-0.4, -0.2) is 51.6 Å². The highest BCUT2D eigenvalue weighted by atomic mass is 32.2. The number of hydrogen-bond acceptors (Lipinski definition) is 6. The predicted octanol–water partition coefficient (Wildman–Crippen LogP) is 2.31. The van der Waals surface area contributed by atoms with Crippen molar-refractivity contribution in [2.45, 2.75) is 25.9 Å². The van der Waals surface area contributed by atoms with Gasteiger partial charge in [0.15, 0.2) is 5.96 Å². The lowest BCUT2D eigenvalue weighted by Gasteiger charge is -2.17. The van der Waals surface area contributed by atoms with Gasteiger partial charge in [-0.05, 0) is 37.6 Å². The van der Waals surface area contributed by atoms with E-state index < -0.39 is 9.84 Å². The first-order chi connectivity index (χ1) is 12.8. The van der Waals surface area contributed by atoms with Crippen molar-refractivity contribution in [3.63, 3.8) is 0 Å². The van der Waals surface area contributed by atoms with Crippen molar-refractivity contribution in [3.8, 4) is 16.3 Å². The van der Waals surface area contributed by atoms with Gasteiger partial charge < -0.3 is 15.4 Å². The van der Waals surface area contributed by atoms with Gasteiger partial charge in [-0.15, -0.1) is 11.3 Å². The van der Waals surface area contributed by atoms with Crippen molar-refractivity contribution >= 4 is 27.1 Å². The first kappa shape index (κ1) is 21.2. The molecule has 7 nitrogen and oxygen atoms in total. The minimum atomic E-state index is -2.96. The molecule has 1 unspecified atom stereocenters. The summed E-state index contributed by atoms with van der Waals surface area (Å²) >= 11 is 1.58. The molecule has 0 saturated carbocycles. The Hall–Kier alpha value is -2.13. The second-order valence-electron chi connectivity index (χ2n) is 6.26. The number of aliphatic imine (C=N–C) groups is 1. The van der Waals surface area contributed by atoms with E-state index in [2.05, 4.69) is 20.6 Å². The molecular formula is C18H26N4O3S2. The fourth-order valence-corrected chi connectivity index (χ4v) is 3.93. The van der Waals surface area contributed by atoms with E-state index in [1.807, 2.05) is 36.6 Å². The highest BCUT2D eigenvalue weighted by Gasteiger charge is 2.10. The number of sulfone groups is 1. The van der Waals surface area contributed by atoms with Crippen LogP contribution in [0.5, 0.6) is 5.75 Å². The van der Waals surface area contributed by atoms with Crippen molar-refractivity contribution in [2.24, 2.45) is 4.99 Å². The second-order valence-corrected chi connectivity index (χ2v) is 9.38. The van der Waals surface area contributed by atoms with Gasteiger partial charge in [-0.1, -0.05) is 0 Å². The van der Waals surface area contributed by atoms with E-state index in [9.17, 15) is 8.42 Å². The van der Waals surface area contributed by atoms with Gasteiger partial charge in [0.25, 0.3) is 0 Å². The number of aromatic nitrogens is 1. The van der Waals surface area contributed by atoms with E-state index in [4.69, 9.17) is 4.74 Å². The molecule has 0 fully saturated rings. The summed E-state index contributed by atoms with van der Waals surface area (Å²) in [6.07, 6.45) is 1.77. The van der Waals surface area contributed by atoms with Crippen molar-refractivity contribution in [1.82, 2.24) is 15.6 Å². The summed E-state index contributed by atoms with van der Waals surface area (Å²) in [6.45, 7) is 2.47. The molecule has 0 bridgehead atoms. The number of hydrogen-bond donors (Lipinski definition) is 2. The molecule has 27 heavy (non-hydrogen) atoms. The Kier molecular flexibility index (Phi) is 7.61. The average Bonchev–Trinajstić information content (AvgIpc) is 3.12. The van der Waals surface area contributed by atoms with Crippen LogP contribution in [0.3, 0.4) is 0 Å². The Morgan fingerprint density at radius 1 is 1.33 bits per heavy atom. The van der Waals surface area contributed by atoms with Gasteiger partial charge in [0.05, 0.1) is 25.1 Å². The fourth-order valence-electron chi connectivity index (χ4n) is 2.32. The summed E-state index contributed by atoms with van der Waals surface area (Å²) in [5, 5.41) is 9.36. The largest absolute Gasteiger partial charge is 0.497 e. The number of benzene rings is 1. The van der Waals surface area contributed by atoms with Crippen LogP contribution in [-0.2, 0) is 16.4 Å². The van der Waals surface area contributed by atoms with Crippen molar-refractivity contribution < 1.29 is 13.2 Å².